The number of halogens is 1. The number of benzene rings is 1. The number of pyridine rings is 1. The van der Waals surface area contributed by atoms with Gasteiger partial charge in [0, 0.05) is 28.0 Å². The largest absolute Gasteiger partial charge is 0.481 e. The highest BCUT2D eigenvalue weighted by Gasteiger charge is 2.16. The number of aryl methyl sites for hydroxylation is 1. The molecule has 0 fully saturated rings. The van der Waals surface area contributed by atoms with Crippen LogP contribution in [-0.4, -0.2) is 21.0 Å². The van der Waals surface area contributed by atoms with Gasteiger partial charge >= 0.3 is 5.97 Å². The highest BCUT2D eigenvalue weighted by atomic mass is 35.5. The molecule has 3 N–H and O–H groups in total. The van der Waals surface area contributed by atoms with Crippen LogP contribution in [0, 0.1) is 6.92 Å². The molecule has 6 heteroatoms. The fraction of sp³-hybridized carbons (Fsp3) is 0.143. The van der Waals surface area contributed by atoms with Crippen molar-refractivity contribution in [2.75, 3.05) is 0 Å². The van der Waals surface area contributed by atoms with E-state index < -0.39 is 5.97 Å². The zero-order chi connectivity index (χ0) is 14.4. The molecule has 0 aliphatic rings. The van der Waals surface area contributed by atoms with E-state index in [-0.39, 0.29) is 12.0 Å². The molecule has 0 spiro atoms. The van der Waals surface area contributed by atoms with Gasteiger partial charge in [-0.3, -0.25) is 9.59 Å². The first-order valence-electron chi connectivity index (χ1n) is 6.02. The van der Waals surface area contributed by atoms with E-state index in [9.17, 15) is 9.59 Å². The summed E-state index contributed by atoms with van der Waals surface area (Å²) in [7, 11) is 0. The Bertz CT molecular complexity index is 908. The number of carboxylic acid groups (broad SMARTS) is 1. The molecule has 20 heavy (non-hydrogen) atoms. The molecule has 2 heterocycles. The highest BCUT2D eigenvalue weighted by Crippen LogP contribution is 2.33. The molecule has 0 atom stereocenters. The predicted molar refractivity (Wildman–Crippen MR) is 77.5 cm³/mol. The van der Waals surface area contributed by atoms with Gasteiger partial charge in [-0.05, 0) is 24.6 Å². The summed E-state index contributed by atoms with van der Waals surface area (Å²) in [6.07, 6.45) is -0.0968. The third-order valence-corrected chi connectivity index (χ3v) is 3.66. The lowest BCUT2D eigenvalue weighted by molar-refractivity contribution is -0.136. The Hall–Kier alpha value is -2.27. The van der Waals surface area contributed by atoms with Gasteiger partial charge in [0.15, 0.2) is 0 Å². The van der Waals surface area contributed by atoms with E-state index >= 15 is 0 Å². The van der Waals surface area contributed by atoms with Crippen LogP contribution in [0.15, 0.2) is 23.0 Å². The highest BCUT2D eigenvalue weighted by molar-refractivity contribution is 6.37. The second kappa shape index (κ2) is 4.38. The van der Waals surface area contributed by atoms with Crippen molar-refractivity contribution in [2.45, 2.75) is 13.3 Å². The van der Waals surface area contributed by atoms with Crippen LogP contribution in [0.2, 0.25) is 5.02 Å². The zero-order valence-corrected chi connectivity index (χ0v) is 11.3. The van der Waals surface area contributed by atoms with Crippen molar-refractivity contribution in [3.05, 3.63) is 44.8 Å². The maximum atomic E-state index is 11.5. The number of aliphatic carboxylic acids is 1. The van der Waals surface area contributed by atoms with E-state index in [4.69, 9.17) is 16.7 Å². The van der Waals surface area contributed by atoms with Gasteiger partial charge in [0.2, 0.25) is 5.56 Å². The Labute approximate surface area is 118 Å². The monoisotopic (exact) mass is 290 g/mol. The SMILES string of the molecule is Cc1[nH]c2ccc3[nH]c(=O)cc(Cl)c3c2c1CC(=O)O. The maximum absolute atomic E-state index is 11.5. The fourth-order valence-corrected chi connectivity index (χ4v) is 2.86. The molecule has 0 aliphatic carbocycles. The lowest BCUT2D eigenvalue weighted by atomic mass is 10.0. The lowest BCUT2D eigenvalue weighted by Crippen LogP contribution is -2.04. The molecule has 0 aliphatic heterocycles. The van der Waals surface area contributed by atoms with E-state index in [1.807, 2.05) is 13.0 Å². The van der Waals surface area contributed by atoms with Crippen molar-refractivity contribution >= 4 is 39.4 Å². The van der Waals surface area contributed by atoms with Crippen molar-refractivity contribution in [3.8, 4) is 0 Å². The van der Waals surface area contributed by atoms with Crippen molar-refractivity contribution in [2.24, 2.45) is 0 Å². The molecule has 0 bridgehead atoms. The summed E-state index contributed by atoms with van der Waals surface area (Å²) in [4.78, 5) is 28.4. The second-order valence-electron chi connectivity index (χ2n) is 4.69. The summed E-state index contributed by atoms with van der Waals surface area (Å²) in [5.41, 5.74) is 2.60. The van der Waals surface area contributed by atoms with Crippen molar-refractivity contribution in [1.82, 2.24) is 9.97 Å². The molecule has 2 aromatic heterocycles. The molecule has 0 saturated heterocycles. The zero-order valence-electron chi connectivity index (χ0n) is 10.6. The molecule has 102 valence electrons. The summed E-state index contributed by atoms with van der Waals surface area (Å²) in [5.74, 6) is -0.911. The number of H-pyrrole nitrogens is 2. The van der Waals surface area contributed by atoms with Crippen LogP contribution in [0.4, 0.5) is 0 Å². The number of fused-ring (bicyclic) bond motifs is 3. The Morgan fingerprint density at radius 1 is 1.25 bits per heavy atom. The summed E-state index contributed by atoms with van der Waals surface area (Å²) in [6.45, 7) is 1.82. The van der Waals surface area contributed by atoms with Crippen molar-refractivity contribution in [1.29, 1.82) is 0 Å². The molecular formula is C14H11ClN2O3. The van der Waals surface area contributed by atoms with Crippen LogP contribution in [0.1, 0.15) is 11.3 Å². The second-order valence-corrected chi connectivity index (χ2v) is 5.10. The molecule has 5 nitrogen and oxygen atoms in total. The summed E-state index contributed by atoms with van der Waals surface area (Å²) in [5, 5.41) is 10.8. The Morgan fingerprint density at radius 3 is 2.55 bits per heavy atom. The number of aromatic nitrogens is 2. The van der Waals surface area contributed by atoms with Crippen LogP contribution < -0.4 is 5.56 Å². The topological polar surface area (TPSA) is 86.0 Å². The van der Waals surface area contributed by atoms with Crippen LogP contribution in [0.25, 0.3) is 21.8 Å². The van der Waals surface area contributed by atoms with Gasteiger partial charge in [-0.15, -0.1) is 0 Å². The first-order valence-corrected chi connectivity index (χ1v) is 6.39. The molecule has 1 aromatic carbocycles. The minimum absolute atomic E-state index is 0.0968. The molecular weight excluding hydrogens is 280 g/mol. The van der Waals surface area contributed by atoms with Crippen molar-refractivity contribution < 1.29 is 9.90 Å². The molecule has 0 amide bonds. The molecule has 3 aromatic rings. The Kier molecular flexibility index (Phi) is 2.79. The standard InChI is InChI=1S/C14H11ClN2O3/c1-6-7(4-12(19)20)13-9(16-6)2-3-10-14(13)8(15)5-11(18)17-10/h2-3,5,16H,4H2,1H3,(H,17,18)(H,19,20). The van der Waals surface area contributed by atoms with Gasteiger partial charge in [-0.1, -0.05) is 11.6 Å². The quantitative estimate of drug-likeness (QED) is 0.678. The van der Waals surface area contributed by atoms with Gasteiger partial charge in [0.1, 0.15) is 0 Å². The van der Waals surface area contributed by atoms with E-state index in [2.05, 4.69) is 9.97 Å². The first-order chi connectivity index (χ1) is 9.47. The molecule has 0 unspecified atom stereocenters. The van der Waals surface area contributed by atoms with E-state index in [1.165, 1.54) is 6.07 Å². The molecule has 0 saturated carbocycles. The number of nitrogens with one attached hydrogen (secondary N) is 2. The number of aromatic amines is 2. The minimum atomic E-state index is -0.911. The molecule has 3 rings (SSSR count). The average molecular weight is 291 g/mol. The predicted octanol–water partition coefficient (Wildman–Crippen LogP) is 2.60. The van der Waals surface area contributed by atoms with Crippen LogP contribution in [0.5, 0.6) is 0 Å². The number of carbonyl (C=O) groups is 1. The minimum Gasteiger partial charge on any atom is -0.481 e. The number of rotatable bonds is 2. The van der Waals surface area contributed by atoms with Gasteiger partial charge in [0.05, 0.1) is 17.0 Å². The molecule has 0 radical (unpaired) electrons. The summed E-state index contributed by atoms with van der Waals surface area (Å²) in [6, 6.07) is 4.87. The first kappa shape index (κ1) is 12.7. The number of hydrogen-bond acceptors (Lipinski definition) is 2. The smallest absolute Gasteiger partial charge is 0.307 e. The summed E-state index contributed by atoms with van der Waals surface area (Å²) < 4.78 is 0. The Morgan fingerprint density at radius 2 is 1.90 bits per heavy atom. The van der Waals surface area contributed by atoms with Gasteiger partial charge in [-0.25, -0.2) is 0 Å². The maximum Gasteiger partial charge on any atom is 0.307 e. The van der Waals surface area contributed by atoms with Gasteiger partial charge in [-0.2, -0.15) is 0 Å². The number of hydrogen-bond donors (Lipinski definition) is 3. The van der Waals surface area contributed by atoms with E-state index in [0.717, 1.165) is 16.6 Å². The van der Waals surface area contributed by atoms with E-state index in [0.29, 0.717) is 21.5 Å². The van der Waals surface area contributed by atoms with Crippen LogP contribution in [-0.2, 0) is 11.2 Å². The Balaban J connectivity index is 2.51. The van der Waals surface area contributed by atoms with E-state index in [1.54, 1.807) is 6.07 Å². The van der Waals surface area contributed by atoms with Crippen molar-refractivity contribution in [3.63, 3.8) is 0 Å². The third kappa shape index (κ3) is 1.87. The normalized spacial score (nSPS) is 11.3. The average Bonchev–Trinajstić information content (AvgIpc) is 2.65. The van der Waals surface area contributed by atoms with Crippen LogP contribution in [0.3, 0.4) is 0 Å². The van der Waals surface area contributed by atoms with Gasteiger partial charge < -0.3 is 15.1 Å². The fourth-order valence-electron chi connectivity index (χ4n) is 2.57. The van der Waals surface area contributed by atoms with Gasteiger partial charge in [0.25, 0.3) is 0 Å². The summed E-state index contributed by atoms with van der Waals surface area (Å²) >= 11 is 6.18. The third-order valence-electron chi connectivity index (χ3n) is 3.36. The number of carboxylic acids is 1. The lowest BCUT2D eigenvalue weighted by Gasteiger charge is -2.04. The van der Waals surface area contributed by atoms with Crippen LogP contribution >= 0.6 is 11.6 Å².